The van der Waals surface area contributed by atoms with Gasteiger partial charge in [0, 0.05) is 19.4 Å². The largest absolute Gasteiger partial charge is 0.462 e. The van der Waals surface area contributed by atoms with Gasteiger partial charge in [0.15, 0.2) is 6.10 Å². The van der Waals surface area contributed by atoms with Crippen LogP contribution in [0.2, 0.25) is 0 Å². The molecule has 0 aliphatic rings. The molecule has 0 radical (unpaired) electrons. The third-order valence-electron chi connectivity index (χ3n) is 8.93. The molecule has 1 atom stereocenters. The minimum absolute atomic E-state index is 0.0628. The molecule has 0 amide bonds. The molecule has 308 valence electrons. The van der Waals surface area contributed by atoms with Gasteiger partial charge in [-0.25, -0.2) is 0 Å². The van der Waals surface area contributed by atoms with Gasteiger partial charge < -0.3 is 14.2 Å². The summed E-state index contributed by atoms with van der Waals surface area (Å²) in [6.45, 7) is 7.43. The highest BCUT2D eigenvalue weighted by atomic mass is 16.6. The van der Waals surface area contributed by atoms with Crippen molar-refractivity contribution in [3.8, 4) is 0 Å². The lowest BCUT2D eigenvalue weighted by Gasteiger charge is -2.18. The van der Waals surface area contributed by atoms with E-state index in [1.54, 1.807) is 0 Å². The Hall–Kier alpha value is -2.92. The highest BCUT2D eigenvalue weighted by molar-refractivity contribution is 5.70. The molecule has 0 aromatic carbocycles. The molecule has 0 aliphatic heterocycles. The van der Waals surface area contributed by atoms with Crippen LogP contribution >= 0.6 is 0 Å². The summed E-state index contributed by atoms with van der Waals surface area (Å²) >= 11 is 0. The molecular formula is C49H82O5. The van der Waals surface area contributed by atoms with Crippen LogP contribution in [0.25, 0.3) is 0 Å². The quantitative estimate of drug-likeness (QED) is 0.0356. The van der Waals surface area contributed by atoms with Gasteiger partial charge in [0.2, 0.25) is 0 Å². The van der Waals surface area contributed by atoms with Crippen LogP contribution in [0.4, 0.5) is 0 Å². The average Bonchev–Trinajstić information content (AvgIpc) is 3.17. The zero-order chi connectivity index (χ0) is 39.3. The lowest BCUT2D eigenvalue weighted by Crippen LogP contribution is -2.30. The van der Waals surface area contributed by atoms with E-state index >= 15 is 0 Å². The molecule has 0 aliphatic carbocycles. The molecule has 5 nitrogen and oxygen atoms in total. The van der Waals surface area contributed by atoms with E-state index in [4.69, 9.17) is 14.2 Å². The highest BCUT2D eigenvalue weighted by Crippen LogP contribution is 2.12. The van der Waals surface area contributed by atoms with E-state index in [2.05, 4.69) is 106 Å². The lowest BCUT2D eigenvalue weighted by atomic mass is 10.1. The SMILES string of the molecule is CC/C=C\C/C=C\C/C=C\C/C=C\CCCCCOCC(COC(=O)CCCCCCCCC/C=C\C/C=C\C/C=C\CC)OC(=O)CCCCCCC. The van der Waals surface area contributed by atoms with Gasteiger partial charge in [0.25, 0.3) is 0 Å². The number of allylic oxidation sites excluding steroid dienone is 14. The first-order chi connectivity index (χ1) is 26.6. The molecule has 1 unspecified atom stereocenters. The summed E-state index contributed by atoms with van der Waals surface area (Å²) in [5.74, 6) is -0.446. The van der Waals surface area contributed by atoms with E-state index in [0.717, 1.165) is 116 Å². The van der Waals surface area contributed by atoms with Gasteiger partial charge in [0.05, 0.1) is 6.61 Å². The molecule has 5 heteroatoms. The Labute approximate surface area is 333 Å². The van der Waals surface area contributed by atoms with Crippen LogP contribution in [-0.2, 0) is 23.8 Å². The van der Waals surface area contributed by atoms with Gasteiger partial charge in [0.1, 0.15) is 6.61 Å². The molecule has 54 heavy (non-hydrogen) atoms. The topological polar surface area (TPSA) is 61.8 Å². The first-order valence-corrected chi connectivity index (χ1v) is 22.1. The second-order valence-electron chi connectivity index (χ2n) is 14.2. The van der Waals surface area contributed by atoms with Crippen molar-refractivity contribution < 1.29 is 23.8 Å². The first-order valence-electron chi connectivity index (χ1n) is 22.1. The zero-order valence-electron chi connectivity index (χ0n) is 35.2. The normalized spacial score (nSPS) is 13.0. The number of unbranched alkanes of at least 4 members (excludes halogenated alkanes) is 14. The third kappa shape index (κ3) is 41.8. The van der Waals surface area contributed by atoms with Crippen molar-refractivity contribution in [3.63, 3.8) is 0 Å². The van der Waals surface area contributed by atoms with Crippen LogP contribution in [-0.4, -0.2) is 37.9 Å². The van der Waals surface area contributed by atoms with Gasteiger partial charge in [-0.15, -0.1) is 0 Å². The first kappa shape index (κ1) is 51.1. The number of carbonyl (C=O) groups is 2. The van der Waals surface area contributed by atoms with Crippen LogP contribution in [0, 0.1) is 0 Å². The Morgan fingerprint density at radius 3 is 1.33 bits per heavy atom. The maximum Gasteiger partial charge on any atom is 0.306 e. The summed E-state index contributed by atoms with van der Waals surface area (Å²) in [7, 11) is 0. The van der Waals surface area contributed by atoms with Crippen molar-refractivity contribution in [3.05, 3.63) is 85.1 Å². The van der Waals surface area contributed by atoms with Crippen molar-refractivity contribution in [2.75, 3.05) is 19.8 Å². The molecule has 0 aromatic heterocycles. The van der Waals surface area contributed by atoms with E-state index in [9.17, 15) is 9.59 Å². The molecule has 0 saturated heterocycles. The predicted molar refractivity (Wildman–Crippen MR) is 233 cm³/mol. The number of ether oxygens (including phenoxy) is 3. The number of esters is 2. The summed E-state index contributed by atoms with van der Waals surface area (Å²) < 4.78 is 17.1. The monoisotopic (exact) mass is 751 g/mol. The van der Waals surface area contributed by atoms with Gasteiger partial charge >= 0.3 is 11.9 Å². The van der Waals surface area contributed by atoms with Gasteiger partial charge in [-0.05, 0) is 89.9 Å². The van der Waals surface area contributed by atoms with Crippen molar-refractivity contribution in [2.24, 2.45) is 0 Å². The lowest BCUT2D eigenvalue weighted by molar-refractivity contribution is -0.163. The predicted octanol–water partition coefficient (Wildman–Crippen LogP) is 14.6. The number of hydrogen-bond acceptors (Lipinski definition) is 5. The Bertz CT molecular complexity index is 1030. The number of rotatable bonds is 39. The standard InChI is InChI=1S/C49H82O5/c1-4-7-10-13-15-17-19-21-23-25-26-28-30-32-34-37-39-42-48(50)53-46-47(54-49(51)43-40-36-12-9-6-3)45-52-44-41-38-35-33-31-29-27-24-22-20-18-16-14-11-8-5-2/h7-8,10-11,15-18,21-24,29,31,47H,4-6,9,12-14,19-20,25-28,30,32-46H2,1-3H3/b10-7-,11-8-,17-15-,18-16-,23-21-,24-22-,31-29-. The Kier molecular flexibility index (Phi) is 42.1. The third-order valence-corrected chi connectivity index (χ3v) is 8.93. The van der Waals surface area contributed by atoms with E-state index in [1.807, 2.05) is 0 Å². The highest BCUT2D eigenvalue weighted by Gasteiger charge is 2.17. The molecule has 0 spiro atoms. The van der Waals surface area contributed by atoms with Gasteiger partial charge in [-0.2, -0.15) is 0 Å². The van der Waals surface area contributed by atoms with Crippen LogP contribution in [0.5, 0.6) is 0 Å². The molecule has 0 N–H and O–H groups in total. The minimum atomic E-state index is -0.555. The van der Waals surface area contributed by atoms with Crippen molar-refractivity contribution >= 4 is 11.9 Å². The van der Waals surface area contributed by atoms with Crippen molar-refractivity contribution in [1.29, 1.82) is 0 Å². The molecule has 0 rings (SSSR count). The number of carbonyl (C=O) groups excluding carboxylic acids is 2. The van der Waals surface area contributed by atoms with Crippen LogP contribution in [0.1, 0.15) is 188 Å². The van der Waals surface area contributed by atoms with E-state index in [-0.39, 0.29) is 25.2 Å². The molecule has 0 heterocycles. The van der Waals surface area contributed by atoms with E-state index in [1.165, 1.54) is 38.5 Å². The van der Waals surface area contributed by atoms with Gasteiger partial charge in [-0.3, -0.25) is 9.59 Å². The summed E-state index contributed by atoms with van der Waals surface area (Å²) in [6, 6.07) is 0. The smallest absolute Gasteiger partial charge is 0.306 e. The summed E-state index contributed by atoms with van der Waals surface area (Å²) in [4.78, 5) is 25.0. The maximum absolute atomic E-state index is 12.5. The summed E-state index contributed by atoms with van der Waals surface area (Å²) in [5.41, 5.74) is 0. The van der Waals surface area contributed by atoms with Gasteiger partial charge in [-0.1, -0.05) is 170 Å². The van der Waals surface area contributed by atoms with Crippen molar-refractivity contribution in [1.82, 2.24) is 0 Å². The molecule has 0 saturated carbocycles. The summed E-state index contributed by atoms with van der Waals surface area (Å²) in [5, 5.41) is 0. The Morgan fingerprint density at radius 2 is 0.833 bits per heavy atom. The van der Waals surface area contributed by atoms with E-state index in [0.29, 0.717) is 19.4 Å². The molecule has 0 fully saturated rings. The van der Waals surface area contributed by atoms with Crippen molar-refractivity contribution in [2.45, 2.75) is 194 Å². The summed E-state index contributed by atoms with van der Waals surface area (Å²) in [6.07, 6.45) is 57.5. The minimum Gasteiger partial charge on any atom is -0.462 e. The molecule has 0 aromatic rings. The molecular weight excluding hydrogens is 669 g/mol. The Morgan fingerprint density at radius 1 is 0.426 bits per heavy atom. The van der Waals surface area contributed by atoms with Crippen LogP contribution < -0.4 is 0 Å². The fourth-order valence-electron chi connectivity index (χ4n) is 5.69. The second-order valence-corrected chi connectivity index (χ2v) is 14.2. The van der Waals surface area contributed by atoms with Crippen LogP contribution in [0.15, 0.2) is 85.1 Å². The average molecular weight is 751 g/mol. The second kappa shape index (κ2) is 44.5. The zero-order valence-corrected chi connectivity index (χ0v) is 35.2. The molecule has 0 bridgehead atoms. The fraction of sp³-hybridized carbons (Fsp3) is 0.673. The fourth-order valence-corrected chi connectivity index (χ4v) is 5.69. The van der Waals surface area contributed by atoms with E-state index < -0.39 is 6.10 Å². The number of hydrogen-bond donors (Lipinski definition) is 0. The Balaban J connectivity index is 4.15. The van der Waals surface area contributed by atoms with Crippen LogP contribution in [0.3, 0.4) is 0 Å². The maximum atomic E-state index is 12.5.